The molecule has 0 amide bonds. The minimum atomic E-state index is 0.478. The molecule has 1 aliphatic rings. The molecule has 2 rings (SSSR count). The van der Waals surface area contributed by atoms with Crippen LogP contribution in [0, 0.1) is 0 Å². The molecule has 1 aromatic rings. The fraction of sp³-hybridized carbons (Fsp3) is 0.688. The number of aromatic nitrogens is 1. The van der Waals surface area contributed by atoms with Crippen molar-refractivity contribution in [2.75, 3.05) is 13.2 Å². The maximum Gasteiger partial charge on any atom is 0.0580 e. The molecule has 0 aliphatic carbocycles. The topological polar surface area (TPSA) is 34.2 Å². The van der Waals surface area contributed by atoms with E-state index >= 15 is 0 Å². The highest BCUT2D eigenvalue weighted by molar-refractivity contribution is 5.28. The van der Waals surface area contributed by atoms with Crippen molar-refractivity contribution in [1.29, 1.82) is 0 Å². The number of hydrogen-bond donors (Lipinski definition) is 1. The molecule has 0 spiro atoms. The van der Waals surface area contributed by atoms with Crippen LogP contribution in [0.1, 0.15) is 62.9 Å². The molecular weight excluding hydrogens is 236 g/mol. The van der Waals surface area contributed by atoms with Crippen LogP contribution < -0.4 is 5.32 Å². The molecule has 2 heterocycles. The summed E-state index contributed by atoms with van der Waals surface area (Å²) in [4.78, 5) is 4.87. The number of pyridine rings is 1. The first-order valence-electron chi connectivity index (χ1n) is 7.38. The van der Waals surface area contributed by atoms with Crippen molar-refractivity contribution in [3.05, 3.63) is 29.1 Å². The maximum atomic E-state index is 5.52. The van der Waals surface area contributed by atoms with Gasteiger partial charge in [-0.2, -0.15) is 0 Å². The van der Waals surface area contributed by atoms with E-state index in [0.29, 0.717) is 17.9 Å². The highest BCUT2D eigenvalue weighted by Crippen LogP contribution is 2.28. The highest BCUT2D eigenvalue weighted by atomic mass is 16.5. The number of nitrogens with one attached hydrogen (secondary N) is 1. The summed E-state index contributed by atoms with van der Waals surface area (Å²) in [5.41, 5.74) is 3.76. The van der Waals surface area contributed by atoms with Gasteiger partial charge in [0, 0.05) is 30.8 Å². The molecule has 1 aliphatic heterocycles. The first kappa shape index (κ1) is 14.5. The minimum Gasteiger partial charge on any atom is -0.381 e. The SMILES string of the molecule is CC(C)NCc1nc(C(C)C)ccc1[C@H]1CCOC1. The average Bonchev–Trinajstić information content (AvgIpc) is 2.89. The minimum absolute atomic E-state index is 0.478. The summed E-state index contributed by atoms with van der Waals surface area (Å²) >= 11 is 0. The van der Waals surface area contributed by atoms with E-state index in [0.717, 1.165) is 26.2 Å². The largest absolute Gasteiger partial charge is 0.381 e. The summed E-state index contributed by atoms with van der Waals surface area (Å²) in [6.45, 7) is 11.3. The predicted octanol–water partition coefficient (Wildman–Crippen LogP) is 3.21. The number of hydrogen-bond acceptors (Lipinski definition) is 3. The molecule has 1 atom stereocenters. The van der Waals surface area contributed by atoms with E-state index in [2.05, 4.69) is 45.1 Å². The summed E-state index contributed by atoms with van der Waals surface area (Å²) in [6.07, 6.45) is 1.12. The Labute approximate surface area is 116 Å². The monoisotopic (exact) mass is 262 g/mol. The summed E-state index contributed by atoms with van der Waals surface area (Å²) in [5.74, 6) is 1.00. The van der Waals surface area contributed by atoms with Crippen LogP contribution >= 0.6 is 0 Å². The van der Waals surface area contributed by atoms with Crippen molar-refractivity contribution in [1.82, 2.24) is 10.3 Å². The van der Waals surface area contributed by atoms with Crippen molar-refractivity contribution in [2.45, 2.75) is 58.5 Å². The van der Waals surface area contributed by atoms with Gasteiger partial charge in [0.2, 0.25) is 0 Å². The zero-order valence-electron chi connectivity index (χ0n) is 12.6. The lowest BCUT2D eigenvalue weighted by atomic mass is 9.95. The molecule has 1 aromatic heterocycles. The van der Waals surface area contributed by atoms with Crippen LogP contribution in [0.3, 0.4) is 0 Å². The Bertz CT molecular complexity index is 409. The molecule has 0 unspecified atom stereocenters. The van der Waals surface area contributed by atoms with E-state index < -0.39 is 0 Å². The van der Waals surface area contributed by atoms with Gasteiger partial charge in [0.1, 0.15) is 0 Å². The van der Waals surface area contributed by atoms with Gasteiger partial charge in [0.15, 0.2) is 0 Å². The standard InChI is InChI=1S/C16H26N2O/c1-11(2)15-6-5-14(13-7-8-19-10-13)16(18-15)9-17-12(3)4/h5-6,11-13,17H,7-10H2,1-4H3/t13-/m0/s1. The van der Waals surface area contributed by atoms with Gasteiger partial charge < -0.3 is 10.1 Å². The fourth-order valence-electron chi connectivity index (χ4n) is 2.44. The predicted molar refractivity (Wildman–Crippen MR) is 78.5 cm³/mol. The van der Waals surface area contributed by atoms with Crippen LogP contribution in [0.2, 0.25) is 0 Å². The smallest absolute Gasteiger partial charge is 0.0580 e. The van der Waals surface area contributed by atoms with Crippen LogP contribution in [0.15, 0.2) is 12.1 Å². The molecule has 3 nitrogen and oxygen atoms in total. The second-order valence-corrected chi connectivity index (χ2v) is 6.02. The van der Waals surface area contributed by atoms with E-state index in [9.17, 15) is 0 Å². The van der Waals surface area contributed by atoms with Crippen LogP contribution in [0.4, 0.5) is 0 Å². The molecule has 1 fully saturated rings. The molecule has 1 N–H and O–H groups in total. The zero-order valence-corrected chi connectivity index (χ0v) is 12.6. The summed E-state index contributed by atoms with van der Waals surface area (Å²) in [7, 11) is 0. The van der Waals surface area contributed by atoms with Crippen LogP contribution in [-0.2, 0) is 11.3 Å². The van der Waals surface area contributed by atoms with E-state index in [-0.39, 0.29) is 0 Å². The lowest BCUT2D eigenvalue weighted by Gasteiger charge is -2.17. The second kappa shape index (κ2) is 6.49. The summed E-state index contributed by atoms with van der Waals surface area (Å²) in [5, 5.41) is 3.49. The number of ether oxygens (including phenoxy) is 1. The Morgan fingerprint density at radius 2 is 2.11 bits per heavy atom. The first-order chi connectivity index (χ1) is 9.08. The Balaban J connectivity index is 2.24. The van der Waals surface area contributed by atoms with E-state index in [1.54, 1.807) is 0 Å². The van der Waals surface area contributed by atoms with E-state index in [1.165, 1.54) is 17.0 Å². The van der Waals surface area contributed by atoms with Crippen LogP contribution in [-0.4, -0.2) is 24.2 Å². The van der Waals surface area contributed by atoms with Gasteiger partial charge in [-0.05, 0) is 24.0 Å². The van der Waals surface area contributed by atoms with Gasteiger partial charge in [0.25, 0.3) is 0 Å². The first-order valence-corrected chi connectivity index (χ1v) is 7.38. The number of nitrogens with zero attached hydrogens (tertiary/aromatic N) is 1. The Hall–Kier alpha value is -0.930. The molecule has 0 saturated carbocycles. The third-order valence-electron chi connectivity index (χ3n) is 3.67. The molecule has 19 heavy (non-hydrogen) atoms. The molecule has 3 heteroatoms. The molecular formula is C16H26N2O. The van der Waals surface area contributed by atoms with Gasteiger partial charge in [-0.15, -0.1) is 0 Å². The second-order valence-electron chi connectivity index (χ2n) is 6.02. The average molecular weight is 262 g/mol. The van der Waals surface area contributed by atoms with Crippen LogP contribution in [0.25, 0.3) is 0 Å². The Morgan fingerprint density at radius 1 is 1.32 bits per heavy atom. The fourth-order valence-corrected chi connectivity index (χ4v) is 2.44. The van der Waals surface area contributed by atoms with Crippen LogP contribution in [0.5, 0.6) is 0 Å². The molecule has 1 saturated heterocycles. The lowest BCUT2D eigenvalue weighted by Crippen LogP contribution is -2.24. The molecule has 106 valence electrons. The Morgan fingerprint density at radius 3 is 2.68 bits per heavy atom. The molecule has 0 radical (unpaired) electrons. The van der Waals surface area contributed by atoms with Crippen molar-refractivity contribution >= 4 is 0 Å². The lowest BCUT2D eigenvalue weighted by molar-refractivity contribution is 0.193. The third kappa shape index (κ3) is 3.77. The highest BCUT2D eigenvalue weighted by Gasteiger charge is 2.21. The third-order valence-corrected chi connectivity index (χ3v) is 3.67. The summed E-state index contributed by atoms with van der Waals surface area (Å²) in [6, 6.07) is 4.92. The van der Waals surface area contributed by atoms with Gasteiger partial charge in [-0.25, -0.2) is 0 Å². The van der Waals surface area contributed by atoms with Crippen molar-refractivity contribution < 1.29 is 4.74 Å². The summed E-state index contributed by atoms with van der Waals surface area (Å²) < 4.78 is 5.52. The Kier molecular flexibility index (Phi) is 4.94. The van der Waals surface area contributed by atoms with Gasteiger partial charge in [-0.1, -0.05) is 33.8 Å². The zero-order chi connectivity index (χ0) is 13.8. The van der Waals surface area contributed by atoms with Gasteiger partial charge in [-0.3, -0.25) is 4.98 Å². The van der Waals surface area contributed by atoms with Crippen molar-refractivity contribution in [3.8, 4) is 0 Å². The van der Waals surface area contributed by atoms with Crippen molar-refractivity contribution in [2.24, 2.45) is 0 Å². The van der Waals surface area contributed by atoms with Gasteiger partial charge >= 0.3 is 0 Å². The normalized spacial score (nSPS) is 19.6. The van der Waals surface area contributed by atoms with Crippen molar-refractivity contribution in [3.63, 3.8) is 0 Å². The molecule has 0 aromatic carbocycles. The molecule has 0 bridgehead atoms. The van der Waals surface area contributed by atoms with Gasteiger partial charge in [0.05, 0.1) is 12.3 Å². The quantitative estimate of drug-likeness (QED) is 0.884. The maximum absolute atomic E-state index is 5.52. The van der Waals surface area contributed by atoms with E-state index in [4.69, 9.17) is 9.72 Å². The number of rotatable bonds is 5. The van der Waals surface area contributed by atoms with E-state index in [1.807, 2.05) is 0 Å².